The maximum atomic E-state index is 10.9. The van der Waals surface area contributed by atoms with Crippen LogP contribution in [0, 0.1) is 29.4 Å². The molecule has 1 aromatic carbocycles. The molecule has 6 heteroatoms. The minimum Gasteiger partial charge on any atom is -0.480 e. The number of carbonyl (C=O) groups is 1. The third-order valence-electron chi connectivity index (χ3n) is 2.30. The Morgan fingerprint density at radius 1 is 1.67 bits per heavy atom. The zero-order valence-electron chi connectivity index (χ0n) is 9.71. The first-order valence-corrected chi connectivity index (χ1v) is 5.13. The van der Waals surface area contributed by atoms with E-state index >= 15 is 0 Å². The number of terminal acetylenes is 1. The quantitative estimate of drug-likeness (QED) is 0.471. The zero-order chi connectivity index (χ0) is 13.7. The first-order valence-electron chi connectivity index (χ1n) is 5.13. The van der Waals surface area contributed by atoms with Gasteiger partial charge in [-0.25, -0.2) is 4.79 Å². The Balaban J connectivity index is 3.08. The number of aryl methyl sites for hydroxylation is 1. The highest BCUT2D eigenvalue weighted by atomic mass is 16.6. The molecular formula is C12H12N2O4. The molecule has 0 radical (unpaired) electrons. The van der Waals surface area contributed by atoms with Crippen LogP contribution in [-0.4, -0.2) is 22.0 Å². The van der Waals surface area contributed by atoms with Crippen LogP contribution in [0.4, 0.5) is 11.4 Å². The van der Waals surface area contributed by atoms with Gasteiger partial charge in [-0.3, -0.25) is 10.1 Å². The molecule has 0 fully saturated rings. The van der Waals surface area contributed by atoms with Crippen LogP contribution in [0.15, 0.2) is 18.2 Å². The van der Waals surface area contributed by atoms with Crippen LogP contribution < -0.4 is 5.32 Å². The Morgan fingerprint density at radius 3 is 2.83 bits per heavy atom. The topological polar surface area (TPSA) is 92.5 Å². The van der Waals surface area contributed by atoms with Gasteiger partial charge in [-0.05, 0) is 18.6 Å². The fraction of sp³-hybridized carbons (Fsp3) is 0.250. The molecule has 1 aromatic rings. The van der Waals surface area contributed by atoms with Crippen LogP contribution in [0.5, 0.6) is 0 Å². The van der Waals surface area contributed by atoms with Crippen LogP contribution in [0.3, 0.4) is 0 Å². The predicted octanol–water partition coefficient (Wildman–Crippen LogP) is 1.79. The number of rotatable bonds is 5. The van der Waals surface area contributed by atoms with Crippen LogP contribution in [0.1, 0.15) is 12.0 Å². The van der Waals surface area contributed by atoms with E-state index in [0.29, 0.717) is 0 Å². The first kappa shape index (κ1) is 13.5. The molecule has 0 aliphatic carbocycles. The molecule has 1 rings (SSSR count). The summed E-state index contributed by atoms with van der Waals surface area (Å²) in [5.74, 6) is 1.07. The molecule has 2 N–H and O–H groups in total. The smallest absolute Gasteiger partial charge is 0.327 e. The minimum absolute atomic E-state index is 0.0551. The van der Waals surface area contributed by atoms with Crippen molar-refractivity contribution < 1.29 is 14.8 Å². The lowest BCUT2D eigenvalue weighted by Gasteiger charge is -2.13. The summed E-state index contributed by atoms with van der Waals surface area (Å²) < 4.78 is 0. The molecule has 1 unspecified atom stereocenters. The third kappa shape index (κ3) is 3.22. The largest absolute Gasteiger partial charge is 0.480 e. The van der Waals surface area contributed by atoms with Crippen LogP contribution in [0.25, 0.3) is 0 Å². The molecule has 0 bridgehead atoms. The summed E-state index contributed by atoms with van der Waals surface area (Å²) in [5, 5.41) is 22.3. The van der Waals surface area contributed by atoms with E-state index in [1.165, 1.54) is 12.1 Å². The van der Waals surface area contributed by atoms with Crippen molar-refractivity contribution in [2.24, 2.45) is 0 Å². The second kappa shape index (κ2) is 5.68. The van der Waals surface area contributed by atoms with Gasteiger partial charge < -0.3 is 10.4 Å². The van der Waals surface area contributed by atoms with Gasteiger partial charge in [-0.2, -0.15) is 0 Å². The van der Waals surface area contributed by atoms with Crippen molar-refractivity contribution in [2.75, 3.05) is 5.32 Å². The van der Waals surface area contributed by atoms with Gasteiger partial charge in [0.05, 0.1) is 4.92 Å². The summed E-state index contributed by atoms with van der Waals surface area (Å²) in [7, 11) is 0. The molecule has 0 aliphatic rings. The normalized spacial score (nSPS) is 11.3. The van der Waals surface area contributed by atoms with Gasteiger partial charge in [0.2, 0.25) is 0 Å². The van der Waals surface area contributed by atoms with Crippen molar-refractivity contribution in [3.8, 4) is 12.3 Å². The van der Waals surface area contributed by atoms with Gasteiger partial charge in [-0.1, -0.05) is 6.07 Å². The minimum atomic E-state index is -1.15. The maximum absolute atomic E-state index is 10.9. The summed E-state index contributed by atoms with van der Waals surface area (Å²) in [6.45, 7) is 1.76. The Hall–Kier alpha value is -2.55. The second-order valence-corrected chi connectivity index (χ2v) is 3.72. The molecule has 0 saturated carbocycles. The lowest BCUT2D eigenvalue weighted by atomic mass is 10.1. The number of nitro benzene ring substituents is 1. The molecule has 6 nitrogen and oxygen atoms in total. The molecule has 0 aromatic heterocycles. The first-order chi connectivity index (χ1) is 8.45. The van der Waals surface area contributed by atoms with E-state index in [4.69, 9.17) is 11.5 Å². The Labute approximate surface area is 104 Å². The molecule has 0 saturated heterocycles. The number of carboxylic acids is 1. The van der Waals surface area contributed by atoms with E-state index in [9.17, 15) is 14.9 Å². The monoisotopic (exact) mass is 248 g/mol. The van der Waals surface area contributed by atoms with Crippen LogP contribution >= 0.6 is 0 Å². The third-order valence-corrected chi connectivity index (χ3v) is 2.30. The highest BCUT2D eigenvalue weighted by molar-refractivity contribution is 5.79. The summed E-state index contributed by atoms with van der Waals surface area (Å²) in [5.41, 5.74) is 0.763. The van der Waals surface area contributed by atoms with Crippen molar-refractivity contribution >= 4 is 17.3 Å². The van der Waals surface area contributed by atoms with E-state index in [2.05, 4.69) is 11.2 Å². The lowest BCUT2D eigenvalue weighted by Crippen LogP contribution is -2.29. The number of carboxylic acid groups (broad SMARTS) is 1. The number of nitro groups is 1. The lowest BCUT2D eigenvalue weighted by molar-refractivity contribution is -0.384. The zero-order valence-corrected chi connectivity index (χ0v) is 9.71. The summed E-state index contributed by atoms with van der Waals surface area (Å²) in [6, 6.07) is 3.38. The molecule has 0 amide bonds. The summed E-state index contributed by atoms with van der Waals surface area (Å²) in [6.07, 6.45) is 5.01. The summed E-state index contributed by atoms with van der Waals surface area (Å²) >= 11 is 0. The van der Waals surface area contributed by atoms with E-state index < -0.39 is 16.9 Å². The SMILES string of the molecule is C#CCC(Nc1cc(C)ccc1[N+](=O)[O-])C(=O)O. The van der Waals surface area contributed by atoms with Crippen molar-refractivity contribution in [1.29, 1.82) is 0 Å². The van der Waals surface area contributed by atoms with E-state index in [0.717, 1.165) is 5.56 Å². The fourth-order valence-electron chi connectivity index (χ4n) is 1.43. The number of aliphatic carboxylic acids is 1. The molecule has 18 heavy (non-hydrogen) atoms. The molecule has 0 heterocycles. The number of benzene rings is 1. The van der Waals surface area contributed by atoms with Crippen molar-refractivity contribution in [2.45, 2.75) is 19.4 Å². The Bertz CT molecular complexity index is 519. The molecule has 94 valence electrons. The van der Waals surface area contributed by atoms with Gasteiger partial charge in [0.25, 0.3) is 5.69 Å². The van der Waals surface area contributed by atoms with Crippen LogP contribution in [0.2, 0.25) is 0 Å². The Morgan fingerprint density at radius 2 is 2.33 bits per heavy atom. The highest BCUT2D eigenvalue weighted by Gasteiger charge is 2.21. The van der Waals surface area contributed by atoms with Gasteiger partial charge in [0.1, 0.15) is 11.7 Å². The number of hydrogen-bond donors (Lipinski definition) is 2. The van der Waals surface area contributed by atoms with E-state index in [1.807, 2.05) is 0 Å². The number of nitrogens with zero attached hydrogens (tertiary/aromatic N) is 1. The number of anilines is 1. The van der Waals surface area contributed by atoms with Crippen molar-refractivity contribution in [3.05, 3.63) is 33.9 Å². The Kier molecular flexibility index (Phi) is 4.27. The average molecular weight is 248 g/mol. The van der Waals surface area contributed by atoms with Crippen LogP contribution in [-0.2, 0) is 4.79 Å². The number of nitrogens with one attached hydrogen (secondary N) is 1. The average Bonchev–Trinajstić information content (AvgIpc) is 2.28. The maximum Gasteiger partial charge on any atom is 0.327 e. The highest BCUT2D eigenvalue weighted by Crippen LogP contribution is 2.26. The predicted molar refractivity (Wildman–Crippen MR) is 66.3 cm³/mol. The van der Waals surface area contributed by atoms with Gasteiger partial charge in [0, 0.05) is 12.5 Å². The summed E-state index contributed by atoms with van der Waals surface area (Å²) in [4.78, 5) is 21.2. The van der Waals surface area contributed by atoms with E-state index in [-0.39, 0.29) is 17.8 Å². The van der Waals surface area contributed by atoms with Crippen molar-refractivity contribution in [3.63, 3.8) is 0 Å². The fourth-order valence-corrected chi connectivity index (χ4v) is 1.43. The van der Waals surface area contributed by atoms with Gasteiger partial charge in [-0.15, -0.1) is 12.3 Å². The molecule has 0 aliphatic heterocycles. The molecular weight excluding hydrogens is 236 g/mol. The van der Waals surface area contributed by atoms with Crippen molar-refractivity contribution in [1.82, 2.24) is 0 Å². The molecule has 0 spiro atoms. The number of hydrogen-bond acceptors (Lipinski definition) is 4. The second-order valence-electron chi connectivity index (χ2n) is 3.72. The molecule has 1 atom stereocenters. The van der Waals surface area contributed by atoms with E-state index in [1.54, 1.807) is 13.0 Å². The van der Waals surface area contributed by atoms with Gasteiger partial charge >= 0.3 is 5.97 Å². The standard InChI is InChI=1S/C12H12N2O4/c1-3-4-9(12(15)16)13-10-7-8(2)5-6-11(10)14(17)18/h1,5-7,9,13H,4H2,2H3,(H,15,16). The van der Waals surface area contributed by atoms with Gasteiger partial charge in [0.15, 0.2) is 0 Å².